The molecule has 8 heteroatoms. The molecule has 7 nitrogen and oxygen atoms in total. The van der Waals surface area contributed by atoms with Crippen LogP contribution in [0.4, 0.5) is 0 Å². The van der Waals surface area contributed by atoms with Gasteiger partial charge in [-0.25, -0.2) is 22.2 Å². The molecular formula is C20H22N2O5S. The number of aliphatic hydroxyl groups excluding tert-OH is 1. The number of aromatic nitrogens is 2. The van der Waals surface area contributed by atoms with Crippen LogP contribution in [-0.2, 0) is 14.8 Å². The molecule has 2 heterocycles. The number of esters is 1. The lowest BCUT2D eigenvalue weighted by Crippen LogP contribution is -2.19. The Kier molecular flexibility index (Phi) is 5.53. The number of benzene rings is 1. The van der Waals surface area contributed by atoms with Gasteiger partial charge in [0.15, 0.2) is 5.65 Å². The van der Waals surface area contributed by atoms with E-state index >= 15 is 0 Å². The average molecular weight is 402 g/mol. The van der Waals surface area contributed by atoms with E-state index in [9.17, 15) is 18.3 Å². The van der Waals surface area contributed by atoms with Crippen LogP contribution in [0, 0.1) is 5.92 Å². The second kappa shape index (κ2) is 7.73. The van der Waals surface area contributed by atoms with Gasteiger partial charge in [-0.05, 0) is 36.6 Å². The van der Waals surface area contributed by atoms with E-state index < -0.39 is 22.1 Å². The largest absolute Gasteiger partial charge is 0.465 e. The third kappa shape index (κ3) is 3.65. The van der Waals surface area contributed by atoms with Crippen molar-refractivity contribution < 1.29 is 23.1 Å². The van der Waals surface area contributed by atoms with Crippen molar-refractivity contribution in [3.8, 4) is 0 Å². The number of methoxy groups -OCH3 is 1. The van der Waals surface area contributed by atoms with Gasteiger partial charge in [0.2, 0.25) is 0 Å². The number of ether oxygens (including phenoxy) is 1. The smallest absolute Gasteiger partial charge is 0.339 e. The minimum absolute atomic E-state index is 0.0874. The maximum Gasteiger partial charge on any atom is 0.339 e. The molecule has 28 heavy (non-hydrogen) atoms. The Labute approximate surface area is 163 Å². The number of rotatable bonds is 6. The van der Waals surface area contributed by atoms with Gasteiger partial charge in [0.1, 0.15) is 0 Å². The summed E-state index contributed by atoms with van der Waals surface area (Å²) in [6, 6.07) is 11.0. The fourth-order valence-corrected chi connectivity index (χ4v) is 4.61. The van der Waals surface area contributed by atoms with Crippen LogP contribution in [-0.4, -0.2) is 35.6 Å². The van der Waals surface area contributed by atoms with Gasteiger partial charge in [-0.3, -0.25) is 0 Å². The Morgan fingerprint density at radius 1 is 1.21 bits per heavy atom. The highest BCUT2D eigenvalue weighted by molar-refractivity contribution is 7.90. The Morgan fingerprint density at radius 2 is 1.89 bits per heavy atom. The fraction of sp³-hybridized carbons (Fsp3) is 0.300. The molecule has 0 aliphatic heterocycles. The molecule has 0 saturated heterocycles. The van der Waals surface area contributed by atoms with Crippen molar-refractivity contribution in [2.75, 3.05) is 7.11 Å². The van der Waals surface area contributed by atoms with Crippen LogP contribution < -0.4 is 0 Å². The van der Waals surface area contributed by atoms with Gasteiger partial charge in [-0.2, -0.15) is 0 Å². The summed E-state index contributed by atoms with van der Waals surface area (Å²) in [5, 5.41) is 11.1. The van der Waals surface area contributed by atoms with Crippen LogP contribution in [0.25, 0.3) is 11.0 Å². The van der Waals surface area contributed by atoms with E-state index in [2.05, 4.69) is 4.98 Å². The van der Waals surface area contributed by atoms with Crippen molar-refractivity contribution in [1.29, 1.82) is 0 Å². The first kappa shape index (κ1) is 20.0. The second-order valence-electron chi connectivity index (χ2n) is 6.93. The van der Waals surface area contributed by atoms with Crippen LogP contribution in [0.5, 0.6) is 0 Å². The van der Waals surface area contributed by atoms with Crippen molar-refractivity contribution >= 4 is 27.0 Å². The van der Waals surface area contributed by atoms with Gasteiger partial charge >= 0.3 is 5.97 Å². The van der Waals surface area contributed by atoms with E-state index in [1.807, 2.05) is 13.8 Å². The summed E-state index contributed by atoms with van der Waals surface area (Å²) < 4.78 is 32.4. The molecule has 0 fully saturated rings. The quantitative estimate of drug-likeness (QED) is 0.636. The molecule has 0 aliphatic carbocycles. The first-order valence-electron chi connectivity index (χ1n) is 8.84. The zero-order valence-corrected chi connectivity index (χ0v) is 16.7. The Morgan fingerprint density at radius 3 is 2.50 bits per heavy atom. The second-order valence-corrected chi connectivity index (χ2v) is 8.71. The predicted molar refractivity (Wildman–Crippen MR) is 105 cm³/mol. The summed E-state index contributed by atoms with van der Waals surface area (Å²) in [5.41, 5.74) is 0.561. The van der Waals surface area contributed by atoms with Crippen LogP contribution in [0.1, 0.15) is 42.4 Å². The van der Waals surface area contributed by atoms with E-state index in [0.717, 1.165) is 3.97 Å². The summed E-state index contributed by atoms with van der Waals surface area (Å²) in [4.78, 5) is 16.1. The van der Waals surface area contributed by atoms with Crippen molar-refractivity contribution in [3.63, 3.8) is 0 Å². The SMILES string of the molecule is COC(=O)c1cnc2c(c1)cc(C(O)CC(C)C)n2S(=O)(=O)c1ccccc1. The van der Waals surface area contributed by atoms with Crippen LogP contribution in [0.2, 0.25) is 0 Å². The van der Waals surface area contributed by atoms with E-state index in [0.29, 0.717) is 11.8 Å². The summed E-state index contributed by atoms with van der Waals surface area (Å²) >= 11 is 0. The number of pyridine rings is 1. The first-order chi connectivity index (χ1) is 13.3. The molecule has 0 spiro atoms. The average Bonchev–Trinajstić information content (AvgIpc) is 3.07. The third-order valence-electron chi connectivity index (χ3n) is 4.36. The Bertz CT molecular complexity index is 1100. The number of hydrogen-bond acceptors (Lipinski definition) is 6. The number of hydrogen-bond donors (Lipinski definition) is 1. The van der Waals surface area contributed by atoms with Gasteiger partial charge in [0, 0.05) is 11.6 Å². The van der Waals surface area contributed by atoms with Gasteiger partial charge in [0.25, 0.3) is 10.0 Å². The molecule has 0 bridgehead atoms. The molecular weight excluding hydrogens is 380 g/mol. The van der Waals surface area contributed by atoms with Crippen LogP contribution in [0.15, 0.2) is 53.6 Å². The Hall–Kier alpha value is -2.71. The van der Waals surface area contributed by atoms with Crippen LogP contribution in [0.3, 0.4) is 0 Å². The molecule has 3 aromatic rings. The fourth-order valence-electron chi connectivity index (χ4n) is 3.07. The highest BCUT2D eigenvalue weighted by atomic mass is 32.2. The third-order valence-corrected chi connectivity index (χ3v) is 6.10. The first-order valence-corrected chi connectivity index (χ1v) is 10.3. The summed E-state index contributed by atoms with van der Waals surface area (Å²) in [6.45, 7) is 3.88. The maximum atomic E-state index is 13.3. The van der Waals surface area contributed by atoms with Crippen molar-refractivity contribution in [2.45, 2.75) is 31.3 Å². The minimum atomic E-state index is -3.99. The highest BCUT2D eigenvalue weighted by Gasteiger charge is 2.28. The minimum Gasteiger partial charge on any atom is -0.465 e. The Balaban J connectivity index is 2.27. The van der Waals surface area contributed by atoms with Gasteiger partial charge in [-0.1, -0.05) is 32.0 Å². The molecule has 2 aromatic heterocycles. The number of aliphatic hydroxyl groups is 1. The van der Waals surface area contributed by atoms with Crippen molar-refractivity contribution in [2.24, 2.45) is 5.92 Å². The number of fused-ring (bicyclic) bond motifs is 1. The lowest BCUT2D eigenvalue weighted by molar-refractivity contribution is 0.0600. The van der Waals surface area contributed by atoms with E-state index in [1.54, 1.807) is 24.3 Å². The molecule has 0 saturated carbocycles. The number of nitrogens with zero attached hydrogens (tertiary/aromatic N) is 2. The van der Waals surface area contributed by atoms with Crippen molar-refractivity contribution in [3.05, 3.63) is 59.9 Å². The molecule has 1 unspecified atom stereocenters. The van der Waals surface area contributed by atoms with Gasteiger partial charge < -0.3 is 9.84 Å². The number of carbonyl (C=O) groups is 1. The molecule has 0 aliphatic rings. The number of carbonyl (C=O) groups excluding carboxylic acids is 1. The lowest BCUT2D eigenvalue weighted by atomic mass is 10.0. The van der Waals surface area contributed by atoms with E-state index in [1.165, 1.54) is 31.5 Å². The molecule has 148 valence electrons. The van der Waals surface area contributed by atoms with Gasteiger partial charge in [-0.15, -0.1) is 0 Å². The van der Waals surface area contributed by atoms with E-state index in [4.69, 9.17) is 4.74 Å². The highest BCUT2D eigenvalue weighted by Crippen LogP contribution is 2.31. The van der Waals surface area contributed by atoms with Crippen molar-refractivity contribution in [1.82, 2.24) is 8.96 Å². The predicted octanol–water partition coefficient (Wildman–Crippen LogP) is 3.14. The molecule has 1 atom stereocenters. The lowest BCUT2D eigenvalue weighted by Gasteiger charge is -2.17. The zero-order valence-electron chi connectivity index (χ0n) is 15.9. The summed E-state index contributed by atoms with van der Waals surface area (Å²) in [5.74, 6) is -0.420. The zero-order chi connectivity index (χ0) is 20.5. The standard InChI is InChI=1S/C20H22N2O5S/c1-13(2)9-18(23)17-11-14-10-15(20(24)27-3)12-21-19(14)22(17)28(25,26)16-7-5-4-6-8-16/h4-8,10-13,18,23H,9H2,1-3H3. The topological polar surface area (TPSA) is 98.5 Å². The van der Waals surface area contributed by atoms with E-state index in [-0.39, 0.29) is 27.7 Å². The summed E-state index contributed by atoms with van der Waals surface area (Å²) in [6.07, 6.45) is 0.642. The molecule has 1 N–H and O–H groups in total. The monoisotopic (exact) mass is 402 g/mol. The molecule has 3 rings (SSSR count). The molecule has 1 aromatic carbocycles. The molecule has 0 amide bonds. The van der Waals surface area contributed by atoms with Gasteiger partial charge in [0.05, 0.1) is 29.4 Å². The molecule has 0 radical (unpaired) electrons. The summed E-state index contributed by atoms with van der Waals surface area (Å²) in [7, 11) is -2.74. The van der Waals surface area contributed by atoms with Crippen LogP contribution >= 0.6 is 0 Å². The normalized spacial score (nSPS) is 13.0. The maximum absolute atomic E-state index is 13.3.